The molecule has 0 unspecified atom stereocenters. The van der Waals surface area contributed by atoms with E-state index in [2.05, 4.69) is 15.0 Å². The highest BCUT2D eigenvalue weighted by atomic mass is 32.1. The lowest BCUT2D eigenvalue weighted by molar-refractivity contribution is 0.280. The predicted molar refractivity (Wildman–Crippen MR) is 66.9 cm³/mol. The van der Waals surface area contributed by atoms with Crippen LogP contribution < -0.4 is 4.90 Å². The number of thiazole rings is 1. The minimum atomic E-state index is -0.0259. The Morgan fingerprint density at radius 2 is 2.24 bits per heavy atom. The highest BCUT2D eigenvalue weighted by Gasteiger charge is 2.08. The molecule has 0 aliphatic rings. The third-order valence-electron chi connectivity index (χ3n) is 2.46. The van der Waals surface area contributed by atoms with Crippen molar-refractivity contribution in [3.05, 3.63) is 34.0 Å². The van der Waals surface area contributed by atoms with Crippen molar-refractivity contribution < 1.29 is 5.11 Å². The molecule has 0 fully saturated rings. The van der Waals surface area contributed by atoms with Crippen molar-refractivity contribution in [1.29, 1.82) is 0 Å². The maximum Gasteiger partial charge on any atom is 0.225 e. The Morgan fingerprint density at radius 1 is 1.41 bits per heavy atom. The molecule has 2 rings (SSSR count). The van der Waals surface area contributed by atoms with Crippen LogP contribution in [0.2, 0.25) is 0 Å². The molecule has 0 atom stereocenters. The second-order valence-corrected chi connectivity index (χ2v) is 4.49. The van der Waals surface area contributed by atoms with E-state index in [0.29, 0.717) is 12.5 Å². The van der Waals surface area contributed by atoms with Crippen LogP contribution >= 0.6 is 11.3 Å². The van der Waals surface area contributed by atoms with Gasteiger partial charge in [0.25, 0.3) is 0 Å². The van der Waals surface area contributed by atoms with Gasteiger partial charge in [-0.2, -0.15) is 0 Å². The van der Waals surface area contributed by atoms with Gasteiger partial charge in [-0.15, -0.1) is 11.3 Å². The lowest BCUT2D eigenvalue weighted by Gasteiger charge is -2.16. The predicted octanol–water partition coefficient (Wildman–Crippen LogP) is 1.37. The van der Waals surface area contributed by atoms with Gasteiger partial charge in [0.05, 0.1) is 24.4 Å². The van der Waals surface area contributed by atoms with Gasteiger partial charge in [-0.25, -0.2) is 15.0 Å². The van der Waals surface area contributed by atoms with Crippen LogP contribution in [0.4, 0.5) is 5.95 Å². The molecule has 2 aromatic rings. The standard InChI is InChI=1S/C11H14N4OS/c1-8-9(5-16)3-12-11(14-8)15(2)4-10-6-17-7-13-10/h3,6-7,16H,4-5H2,1-2H3. The molecule has 0 saturated heterocycles. The Morgan fingerprint density at radius 3 is 2.82 bits per heavy atom. The smallest absolute Gasteiger partial charge is 0.225 e. The highest BCUT2D eigenvalue weighted by molar-refractivity contribution is 7.07. The molecule has 0 aromatic carbocycles. The number of aromatic nitrogens is 3. The molecular weight excluding hydrogens is 236 g/mol. The van der Waals surface area contributed by atoms with E-state index in [-0.39, 0.29) is 6.61 Å². The molecule has 0 aliphatic heterocycles. The maximum atomic E-state index is 9.05. The van der Waals surface area contributed by atoms with Gasteiger partial charge in [0.1, 0.15) is 0 Å². The normalized spacial score (nSPS) is 10.5. The molecule has 6 heteroatoms. The van der Waals surface area contributed by atoms with Gasteiger partial charge in [-0.05, 0) is 6.92 Å². The molecule has 5 nitrogen and oxygen atoms in total. The number of anilines is 1. The minimum absolute atomic E-state index is 0.0259. The largest absolute Gasteiger partial charge is 0.392 e. The zero-order chi connectivity index (χ0) is 12.3. The van der Waals surface area contributed by atoms with Crippen molar-refractivity contribution in [2.24, 2.45) is 0 Å². The lowest BCUT2D eigenvalue weighted by Crippen LogP contribution is -2.20. The first kappa shape index (κ1) is 11.9. The first-order valence-electron chi connectivity index (χ1n) is 5.22. The summed E-state index contributed by atoms with van der Waals surface area (Å²) in [5.41, 5.74) is 4.38. The van der Waals surface area contributed by atoms with Crippen molar-refractivity contribution in [3.8, 4) is 0 Å². The third kappa shape index (κ3) is 2.78. The number of aliphatic hydroxyl groups excluding tert-OH is 1. The van der Waals surface area contributed by atoms with E-state index in [1.165, 1.54) is 0 Å². The average Bonchev–Trinajstić information content (AvgIpc) is 2.81. The summed E-state index contributed by atoms with van der Waals surface area (Å²) < 4.78 is 0. The van der Waals surface area contributed by atoms with Gasteiger partial charge in [0, 0.05) is 29.9 Å². The molecule has 0 saturated carbocycles. The monoisotopic (exact) mass is 250 g/mol. The second-order valence-electron chi connectivity index (χ2n) is 3.77. The molecule has 0 spiro atoms. The topological polar surface area (TPSA) is 62.1 Å². The van der Waals surface area contributed by atoms with E-state index in [1.54, 1.807) is 17.5 Å². The number of hydrogen-bond acceptors (Lipinski definition) is 6. The van der Waals surface area contributed by atoms with Crippen LogP contribution in [0.1, 0.15) is 17.0 Å². The molecule has 2 aromatic heterocycles. The summed E-state index contributed by atoms with van der Waals surface area (Å²) in [6, 6.07) is 0. The summed E-state index contributed by atoms with van der Waals surface area (Å²) in [5.74, 6) is 0.646. The Bertz CT molecular complexity index is 486. The van der Waals surface area contributed by atoms with Gasteiger partial charge < -0.3 is 10.0 Å². The van der Waals surface area contributed by atoms with Gasteiger partial charge in [-0.3, -0.25) is 0 Å². The third-order valence-corrected chi connectivity index (χ3v) is 3.10. The Balaban J connectivity index is 2.14. The van der Waals surface area contributed by atoms with E-state index in [0.717, 1.165) is 17.0 Å². The summed E-state index contributed by atoms with van der Waals surface area (Å²) in [7, 11) is 1.92. The van der Waals surface area contributed by atoms with Gasteiger partial charge in [-0.1, -0.05) is 0 Å². The molecule has 0 amide bonds. The van der Waals surface area contributed by atoms with Crippen molar-refractivity contribution in [2.45, 2.75) is 20.1 Å². The fraction of sp³-hybridized carbons (Fsp3) is 0.364. The highest BCUT2D eigenvalue weighted by Crippen LogP contribution is 2.12. The van der Waals surface area contributed by atoms with E-state index in [1.807, 2.05) is 29.8 Å². The van der Waals surface area contributed by atoms with Gasteiger partial charge in [0.15, 0.2) is 0 Å². The quantitative estimate of drug-likeness (QED) is 0.888. The zero-order valence-electron chi connectivity index (χ0n) is 9.79. The Hall–Kier alpha value is -1.53. The SMILES string of the molecule is Cc1nc(N(C)Cc2cscn2)ncc1CO. The molecule has 0 aliphatic carbocycles. The van der Waals surface area contributed by atoms with Crippen LogP contribution in [0.25, 0.3) is 0 Å². The zero-order valence-corrected chi connectivity index (χ0v) is 10.6. The summed E-state index contributed by atoms with van der Waals surface area (Å²) >= 11 is 1.57. The van der Waals surface area contributed by atoms with Gasteiger partial charge >= 0.3 is 0 Å². The fourth-order valence-electron chi connectivity index (χ4n) is 1.45. The van der Waals surface area contributed by atoms with E-state index in [4.69, 9.17) is 5.11 Å². The molecule has 90 valence electrons. The first-order chi connectivity index (χ1) is 8.20. The number of aliphatic hydroxyl groups is 1. The van der Waals surface area contributed by atoms with E-state index >= 15 is 0 Å². The van der Waals surface area contributed by atoms with Crippen LogP contribution in [0.5, 0.6) is 0 Å². The second kappa shape index (κ2) is 5.20. The van der Waals surface area contributed by atoms with Crippen molar-refractivity contribution in [2.75, 3.05) is 11.9 Å². The Labute approximate surface area is 104 Å². The van der Waals surface area contributed by atoms with Crippen LogP contribution in [0.15, 0.2) is 17.1 Å². The molecular formula is C11H14N4OS. The van der Waals surface area contributed by atoms with E-state index < -0.39 is 0 Å². The summed E-state index contributed by atoms with van der Waals surface area (Å²) in [6.07, 6.45) is 1.66. The molecule has 1 N–H and O–H groups in total. The maximum absolute atomic E-state index is 9.05. The van der Waals surface area contributed by atoms with Crippen molar-refractivity contribution >= 4 is 17.3 Å². The summed E-state index contributed by atoms with van der Waals surface area (Å²) in [6.45, 7) is 2.52. The summed E-state index contributed by atoms with van der Waals surface area (Å²) in [5, 5.41) is 11.1. The minimum Gasteiger partial charge on any atom is -0.392 e. The molecule has 0 radical (unpaired) electrons. The lowest BCUT2D eigenvalue weighted by atomic mass is 10.2. The van der Waals surface area contributed by atoms with Crippen LogP contribution in [-0.4, -0.2) is 27.1 Å². The first-order valence-corrected chi connectivity index (χ1v) is 6.16. The van der Waals surface area contributed by atoms with Crippen LogP contribution in [0, 0.1) is 6.92 Å². The molecule has 2 heterocycles. The van der Waals surface area contributed by atoms with Gasteiger partial charge in [0.2, 0.25) is 5.95 Å². The van der Waals surface area contributed by atoms with Crippen LogP contribution in [0.3, 0.4) is 0 Å². The van der Waals surface area contributed by atoms with Crippen molar-refractivity contribution in [1.82, 2.24) is 15.0 Å². The van der Waals surface area contributed by atoms with Crippen LogP contribution in [-0.2, 0) is 13.2 Å². The molecule has 17 heavy (non-hydrogen) atoms. The summed E-state index contributed by atoms with van der Waals surface area (Å²) in [4.78, 5) is 14.7. The average molecular weight is 250 g/mol. The fourth-order valence-corrected chi connectivity index (χ4v) is 2.00. The number of hydrogen-bond donors (Lipinski definition) is 1. The Kier molecular flexibility index (Phi) is 3.65. The number of aryl methyl sites for hydroxylation is 1. The van der Waals surface area contributed by atoms with Crippen molar-refractivity contribution in [3.63, 3.8) is 0 Å². The number of nitrogens with zero attached hydrogens (tertiary/aromatic N) is 4. The molecule has 0 bridgehead atoms. The van der Waals surface area contributed by atoms with E-state index in [9.17, 15) is 0 Å². The number of rotatable bonds is 4.